The van der Waals surface area contributed by atoms with Crippen molar-refractivity contribution in [2.75, 3.05) is 31.0 Å². The van der Waals surface area contributed by atoms with Crippen molar-refractivity contribution in [1.29, 1.82) is 0 Å². The SMILES string of the molecule is COc1ccc(Cl)cc1NC(=O)[C@@H]1CC(=O)N(c2ccccc2OC)C1. The van der Waals surface area contributed by atoms with Gasteiger partial charge in [0, 0.05) is 18.0 Å². The molecule has 1 aliphatic heterocycles. The predicted octanol–water partition coefficient (Wildman–Crippen LogP) is 3.35. The largest absolute Gasteiger partial charge is 0.495 e. The number of nitrogens with zero attached hydrogens (tertiary/aromatic N) is 1. The Morgan fingerprint density at radius 2 is 1.88 bits per heavy atom. The van der Waals surface area contributed by atoms with Crippen LogP contribution in [0.5, 0.6) is 11.5 Å². The van der Waals surface area contributed by atoms with Crippen LogP contribution in [0.4, 0.5) is 11.4 Å². The second-order valence-electron chi connectivity index (χ2n) is 5.91. The number of benzene rings is 2. The Hall–Kier alpha value is -2.73. The highest BCUT2D eigenvalue weighted by Gasteiger charge is 2.36. The number of para-hydroxylation sites is 2. The van der Waals surface area contributed by atoms with Crippen molar-refractivity contribution in [2.45, 2.75) is 6.42 Å². The number of halogens is 1. The van der Waals surface area contributed by atoms with E-state index in [4.69, 9.17) is 21.1 Å². The number of rotatable bonds is 5. The topological polar surface area (TPSA) is 67.9 Å². The van der Waals surface area contributed by atoms with Crippen LogP contribution in [0, 0.1) is 5.92 Å². The van der Waals surface area contributed by atoms with E-state index in [2.05, 4.69) is 5.32 Å². The van der Waals surface area contributed by atoms with E-state index in [9.17, 15) is 9.59 Å². The van der Waals surface area contributed by atoms with Gasteiger partial charge >= 0.3 is 0 Å². The summed E-state index contributed by atoms with van der Waals surface area (Å²) in [5, 5.41) is 3.29. The first kappa shape index (κ1) is 18.1. The van der Waals surface area contributed by atoms with Gasteiger partial charge in [-0.25, -0.2) is 0 Å². The first-order chi connectivity index (χ1) is 12.5. The lowest BCUT2D eigenvalue weighted by Crippen LogP contribution is -2.28. The summed E-state index contributed by atoms with van der Waals surface area (Å²) in [5.74, 6) is 0.257. The fourth-order valence-corrected chi connectivity index (χ4v) is 3.15. The van der Waals surface area contributed by atoms with Crippen molar-refractivity contribution in [2.24, 2.45) is 5.92 Å². The number of carbonyl (C=O) groups is 2. The van der Waals surface area contributed by atoms with Gasteiger partial charge in [0.2, 0.25) is 11.8 Å². The lowest BCUT2D eigenvalue weighted by atomic mass is 10.1. The molecule has 1 aliphatic rings. The highest BCUT2D eigenvalue weighted by Crippen LogP contribution is 2.34. The summed E-state index contributed by atoms with van der Waals surface area (Å²) in [6.07, 6.45) is 0.132. The molecule has 0 radical (unpaired) electrons. The van der Waals surface area contributed by atoms with E-state index < -0.39 is 5.92 Å². The van der Waals surface area contributed by atoms with Crippen LogP contribution in [0.25, 0.3) is 0 Å². The molecule has 1 N–H and O–H groups in total. The summed E-state index contributed by atoms with van der Waals surface area (Å²) >= 11 is 5.99. The minimum Gasteiger partial charge on any atom is -0.495 e. The maximum Gasteiger partial charge on any atom is 0.229 e. The second-order valence-corrected chi connectivity index (χ2v) is 6.35. The summed E-state index contributed by atoms with van der Waals surface area (Å²) in [6.45, 7) is 0.286. The predicted molar refractivity (Wildman–Crippen MR) is 100 cm³/mol. The van der Waals surface area contributed by atoms with Crippen LogP contribution in [0.15, 0.2) is 42.5 Å². The molecule has 1 heterocycles. The Labute approximate surface area is 156 Å². The molecular weight excluding hydrogens is 356 g/mol. The van der Waals surface area contributed by atoms with E-state index in [1.807, 2.05) is 12.1 Å². The Balaban J connectivity index is 1.76. The molecule has 0 aliphatic carbocycles. The molecular formula is C19H19ClN2O4. The first-order valence-electron chi connectivity index (χ1n) is 8.11. The Morgan fingerprint density at radius 1 is 1.15 bits per heavy atom. The third-order valence-corrected chi connectivity index (χ3v) is 4.53. The molecule has 0 bridgehead atoms. The van der Waals surface area contributed by atoms with Gasteiger partial charge in [0.1, 0.15) is 11.5 Å². The molecule has 1 saturated heterocycles. The van der Waals surface area contributed by atoms with E-state index in [1.54, 1.807) is 42.3 Å². The lowest BCUT2D eigenvalue weighted by Gasteiger charge is -2.19. The van der Waals surface area contributed by atoms with E-state index in [-0.39, 0.29) is 24.8 Å². The van der Waals surface area contributed by atoms with Gasteiger partial charge in [-0.1, -0.05) is 23.7 Å². The maximum absolute atomic E-state index is 12.7. The zero-order valence-corrected chi connectivity index (χ0v) is 15.2. The number of hydrogen-bond acceptors (Lipinski definition) is 4. The van der Waals surface area contributed by atoms with Crippen LogP contribution < -0.4 is 19.7 Å². The molecule has 2 amide bonds. The first-order valence-corrected chi connectivity index (χ1v) is 8.49. The van der Waals surface area contributed by atoms with Crippen molar-refractivity contribution >= 4 is 34.8 Å². The van der Waals surface area contributed by atoms with Crippen molar-refractivity contribution < 1.29 is 19.1 Å². The minimum atomic E-state index is -0.476. The maximum atomic E-state index is 12.7. The Morgan fingerprint density at radius 3 is 2.62 bits per heavy atom. The van der Waals surface area contributed by atoms with Gasteiger partial charge in [-0.2, -0.15) is 0 Å². The van der Waals surface area contributed by atoms with Crippen molar-refractivity contribution in [3.8, 4) is 11.5 Å². The molecule has 26 heavy (non-hydrogen) atoms. The molecule has 0 aromatic heterocycles. The van der Waals surface area contributed by atoms with Crippen molar-refractivity contribution in [3.05, 3.63) is 47.5 Å². The number of methoxy groups -OCH3 is 2. The van der Waals surface area contributed by atoms with Crippen LogP contribution in [-0.4, -0.2) is 32.6 Å². The number of hydrogen-bond donors (Lipinski definition) is 1. The van der Waals surface area contributed by atoms with Gasteiger partial charge < -0.3 is 19.7 Å². The monoisotopic (exact) mass is 374 g/mol. The number of carbonyl (C=O) groups excluding carboxylic acids is 2. The average Bonchev–Trinajstić information content (AvgIpc) is 3.03. The van der Waals surface area contributed by atoms with Crippen LogP contribution in [0.2, 0.25) is 5.02 Å². The van der Waals surface area contributed by atoms with Gasteiger partial charge in [-0.15, -0.1) is 0 Å². The zero-order chi connectivity index (χ0) is 18.7. The van der Waals surface area contributed by atoms with E-state index in [1.165, 1.54) is 7.11 Å². The average molecular weight is 375 g/mol. The molecule has 1 fully saturated rings. The fourth-order valence-electron chi connectivity index (χ4n) is 2.98. The quantitative estimate of drug-likeness (QED) is 0.871. The van der Waals surface area contributed by atoms with Crippen LogP contribution >= 0.6 is 11.6 Å². The van der Waals surface area contributed by atoms with E-state index >= 15 is 0 Å². The Kier molecular flexibility index (Phi) is 5.32. The van der Waals surface area contributed by atoms with Gasteiger partial charge in [-0.05, 0) is 30.3 Å². The zero-order valence-electron chi connectivity index (χ0n) is 14.5. The van der Waals surface area contributed by atoms with Crippen LogP contribution in [0.1, 0.15) is 6.42 Å². The normalized spacial score (nSPS) is 16.5. The third kappa shape index (κ3) is 3.60. The van der Waals surface area contributed by atoms with Gasteiger partial charge in [0.15, 0.2) is 0 Å². The number of nitrogens with one attached hydrogen (secondary N) is 1. The Bertz CT molecular complexity index is 840. The number of ether oxygens (including phenoxy) is 2. The second kappa shape index (κ2) is 7.66. The highest BCUT2D eigenvalue weighted by atomic mass is 35.5. The van der Waals surface area contributed by atoms with Gasteiger partial charge in [0.25, 0.3) is 0 Å². The van der Waals surface area contributed by atoms with E-state index in [0.717, 1.165) is 0 Å². The summed E-state index contributed by atoms with van der Waals surface area (Å²) in [4.78, 5) is 26.7. The van der Waals surface area contributed by atoms with Crippen LogP contribution in [-0.2, 0) is 9.59 Å². The smallest absolute Gasteiger partial charge is 0.229 e. The van der Waals surface area contributed by atoms with Gasteiger partial charge in [0.05, 0.1) is 31.5 Å². The van der Waals surface area contributed by atoms with E-state index in [0.29, 0.717) is 27.9 Å². The summed E-state index contributed by atoms with van der Waals surface area (Å²) in [6, 6.07) is 12.2. The number of amides is 2. The highest BCUT2D eigenvalue weighted by molar-refractivity contribution is 6.31. The third-order valence-electron chi connectivity index (χ3n) is 4.29. The molecule has 0 spiro atoms. The number of anilines is 2. The lowest BCUT2D eigenvalue weighted by molar-refractivity contribution is -0.122. The van der Waals surface area contributed by atoms with Crippen molar-refractivity contribution in [3.63, 3.8) is 0 Å². The summed E-state index contributed by atoms with van der Waals surface area (Å²) < 4.78 is 10.6. The molecule has 2 aromatic carbocycles. The fraction of sp³-hybridized carbons (Fsp3) is 0.263. The van der Waals surface area contributed by atoms with Gasteiger partial charge in [-0.3, -0.25) is 9.59 Å². The standard InChI is InChI=1S/C19H19ClN2O4/c1-25-16-8-7-13(20)10-14(16)21-19(24)12-9-18(23)22(11-12)15-5-3-4-6-17(15)26-2/h3-8,10,12H,9,11H2,1-2H3,(H,21,24)/t12-/m1/s1. The summed E-state index contributed by atoms with van der Waals surface area (Å²) in [7, 11) is 3.07. The van der Waals surface area contributed by atoms with Crippen LogP contribution in [0.3, 0.4) is 0 Å². The molecule has 136 valence electrons. The molecule has 0 unspecified atom stereocenters. The summed E-state index contributed by atoms with van der Waals surface area (Å²) in [5.41, 5.74) is 1.14. The molecule has 7 heteroatoms. The molecule has 3 rings (SSSR count). The molecule has 1 atom stereocenters. The van der Waals surface area contributed by atoms with Crippen molar-refractivity contribution in [1.82, 2.24) is 0 Å². The molecule has 2 aromatic rings. The molecule has 0 saturated carbocycles. The minimum absolute atomic E-state index is 0.118. The molecule has 6 nitrogen and oxygen atoms in total.